The number of hydrogen-bond donors (Lipinski definition) is 1. The van der Waals surface area contributed by atoms with Gasteiger partial charge in [-0.2, -0.15) is 0 Å². The lowest BCUT2D eigenvalue weighted by Crippen LogP contribution is -2.53. The van der Waals surface area contributed by atoms with Crippen molar-refractivity contribution < 1.29 is 19.0 Å². The minimum absolute atomic E-state index is 0.0215. The largest absolute Gasteiger partial charge is 0.490 e. The zero-order chi connectivity index (χ0) is 23.3. The fourth-order valence-electron chi connectivity index (χ4n) is 6.18. The average Bonchev–Trinajstić information content (AvgIpc) is 2.97. The van der Waals surface area contributed by atoms with Crippen LogP contribution in [0.15, 0.2) is 36.4 Å². The lowest BCUT2D eigenvalue weighted by molar-refractivity contribution is -0.0348. The molecule has 3 saturated heterocycles. The van der Waals surface area contributed by atoms with Crippen LogP contribution in [0.2, 0.25) is 0 Å². The number of alkyl carbamates (subject to hydrolysis) is 1. The predicted molar refractivity (Wildman–Crippen MR) is 130 cm³/mol. The minimum Gasteiger partial charge on any atom is -0.490 e. The molecule has 0 radical (unpaired) electrons. The second-order valence-corrected chi connectivity index (χ2v) is 11.0. The Morgan fingerprint density at radius 3 is 2.53 bits per heavy atom. The number of rotatable bonds is 3. The number of benzene rings is 2. The van der Waals surface area contributed by atoms with Gasteiger partial charge in [0.1, 0.15) is 6.10 Å². The summed E-state index contributed by atoms with van der Waals surface area (Å²) in [6.45, 7) is 8.97. The summed E-state index contributed by atoms with van der Waals surface area (Å²) >= 11 is 0. The van der Waals surface area contributed by atoms with E-state index in [2.05, 4.69) is 54.4 Å². The third-order valence-corrected chi connectivity index (χ3v) is 8.08. The van der Waals surface area contributed by atoms with Gasteiger partial charge in [-0.15, -0.1) is 0 Å². The number of nitrogens with zero attached hydrogens (tertiary/aromatic N) is 1. The molecule has 2 unspecified atom stereocenters. The normalized spacial score (nSPS) is 28.6. The van der Waals surface area contributed by atoms with Crippen LogP contribution in [0.3, 0.4) is 0 Å². The van der Waals surface area contributed by atoms with E-state index >= 15 is 0 Å². The summed E-state index contributed by atoms with van der Waals surface area (Å²) in [4.78, 5) is 15.3. The van der Waals surface area contributed by atoms with E-state index in [4.69, 9.17) is 14.2 Å². The number of ether oxygens (including phenoxy) is 3. The first-order chi connectivity index (χ1) is 16.5. The van der Waals surface area contributed by atoms with Crippen LogP contribution < -0.4 is 14.8 Å². The molecule has 0 spiro atoms. The van der Waals surface area contributed by atoms with Crippen LogP contribution in [0.5, 0.6) is 11.5 Å². The Hall–Kier alpha value is -2.73. The monoisotopic (exact) mass is 462 g/mol. The predicted octanol–water partition coefficient (Wildman–Crippen LogP) is 4.96. The molecule has 0 aromatic heterocycles. The number of fused-ring (bicyclic) bond motifs is 5. The molecule has 2 bridgehead atoms. The first kappa shape index (κ1) is 21.8. The van der Waals surface area contributed by atoms with Crippen molar-refractivity contribution >= 4 is 6.09 Å². The van der Waals surface area contributed by atoms with Crippen LogP contribution >= 0.6 is 0 Å². The summed E-state index contributed by atoms with van der Waals surface area (Å²) in [5.74, 6) is 2.14. The average molecular weight is 463 g/mol. The van der Waals surface area contributed by atoms with Crippen LogP contribution in [0.25, 0.3) is 11.1 Å². The standard InChI is InChI=1S/C28H34N2O4/c1-28(2)16-21-14-19(20-5-7-23-24(15-20)33-13-3-12-32-23)4-6-22(21)26(28)29-27(31)34-25-17-30-10-8-18(25)9-11-30/h4-7,14-15,18,25-26H,3,8-13,16-17H2,1-2H3,(H,29,31). The molecule has 6 heteroatoms. The summed E-state index contributed by atoms with van der Waals surface area (Å²) in [6, 6.07) is 12.7. The van der Waals surface area contributed by atoms with Gasteiger partial charge < -0.3 is 19.5 Å². The molecular weight excluding hydrogens is 428 g/mol. The van der Waals surface area contributed by atoms with E-state index in [9.17, 15) is 4.79 Å². The molecule has 4 heterocycles. The van der Waals surface area contributed by atoms with Crippen molar-refractivity contribution in [3.05, 3.63) is 47.5 Å². The number of nitrogens with one attached hydrogen (secondary N) is 1. The summed E-state index contributed by atoms with van der Waals surface area (Å²) < 4.78 is 17.6. The Bertz CT molecular complexity index is 1090. The number of piperidine rings is 3. The molecule has 4 aliphatic heterocycles. The molecule has 180 valence electrons. The molecule has 1 N–H and O–H groups in total. The zero-order valence-corrected chi connectivity index (χ0v) is 20.1. The molecule has 2 aromatic carbocycles. The van der Waals surface area contributed by atoms with Crippen LogP contribution in [-0.4, -0.2) is 49.9 Å². The number of carbonyl (C=O) groups is 1. The molecule has 2 aromatic rings. The lowest BCUT2D eigenvalue weighted by Gasteiger charge is -2.44. The minimum atomic E-state index is -0.281. The lowest BCUT2D eigenvalue weighted by atomic mass is 9.85. The van der Waals surface area contributed by atoms with Crippen molar-refractivity contribution in [3.8, 4) is 22.6 Å². The molecule has 6 nitrogen and oxygen atoms in total. The second kappa shape index (κ2) is 8.49. The molecule has 5 aliphatic rings. The summed E-state index contributed by atoms with van der Waals surface area (Å²) in [7, 11) is 0. The van der Waals surface area contributed by atoms with Crippen molar-refractivity contribution in [2.45, 2.75) is 51.7 Å². The quantitative estimate of drug-likeness (QED) is 0.699. The van der Waals surface area contributed by atoms with Crippen LogP contribution in [0.4, 0.5) is 4.79 Å². The van der Waals surface area contributed by atoms with Crippen LogP contribution in [-0.2, 0) is 11.2 Å². The third kappa shape index (κ3) is 4.02. The Balaban J connectivity index is 1.20. The highest BCUT2D eigenvalue weighted by molar-refractivity contribution is 5.71. The Labute approximate surface area is 201 Å². The zero-order valence-electron chi connectivity index (χ0n) is 20.1. The highest BCUT2D eigenvalue weighted by Gasteiger charge is 2.42. The number of carbonyl (C=O) groups excluding carboxylic acids is 1. The van der Waals surface area contributed by atoms with Crippen molar-refractivity contribution in [2.24, 2.45) is 11.3 Å². The van der Waals surface area contributed by atoms with Crippen molar-refractivity contribution in [1.82, 2.24) is 10.2 Å². The van der Waals surface area contributed by atoms with E-state index in [0.717, 1.165) is 67.9 Å². The fraction of sp³-hybridized carbons (Fsp3) is 0.536. The molecule has 1 aliphatic carbocycles. The maximum atomic E-state index is 12.9. The maximum absolute atomic E-state index is 12.9. The van der Waals surface area contributed by atoms with E-state index in [1.165, 1.54) is 11.1 Å². The van der Waals surface area contributed by atoms with Crippen molar-refractivity contribution in [2.75, 3.05) is 32.8 Å². The fourth-order valence-corrected chi connectivity index (χ4v) is 6.18. The van der Waals surface area contributed by atoms with Gasteiger partial charge in [-0.3, -0.25) is 4.90 Å². The van der Waals surface area contributed by atoms with E-state index in [-0.39, 0.29) is 23.7 Å². The van der Waals surface area contributed by atoms with E-state index in [1.54, 1.807) is 0 Å². The third-order valence-electron chi connectivity index (χ3n) is 8.08. The highest BCUT2D eigenvalue weighted by Crippen LogP contribution is 2.46. The molecular formula is C28H34N2O4. The van der Waals surface area contributed by atoms with Gasteiger partial charge in [0, 0.05) is 13.0 Å². The van der Waals surface area contributed by atoms with Gasteiger partial charge in [0.15, 0.2) is 11.5 Å². The molecule has 1 amide bonds. The van der Waals surface area contributed by atoms with Crippen LogP contribution in [0, 0.1) is 11.3 Å². The Morgan fingerprint density at radius 2 is 1.76 bits per heavy atom. The topological polar surface area (TPSA) is 60.0 Å². The van der Waals surface area contributed by atoms with Crippen molar-refractivity contribution in [1.29, 1.82) is 0 Å². The van der Waals surface area contributed by atoms with Gasteiger partial charge in [0.2, 0.25) is 0 Å². The molecule has 34 heavy (non-hydrogen) atoms. The number of amides is 1. The van der Waals surface area contributed by atoms with Gasteiger partial charge in [-0.05, 0) is 78.1 Å². The molecule has 3 fully saturated rings. The highest BCUT2D eigenvalue weighted by atomic mass is 16.6. The van der Waals surface area contributed by atoms with E-state index in [1.807, 2.05) is 6.07 Å². The Morgan fingerprint density at radius 1 is 1.03 bits per heavy atom. The van der Waals surface area contributed by atoms with E-state index < -0.39 is 0 Å². The Kier molecular flexibility index (Phi) is 5.44. The maximum Gasteiger partial charge on any atom is 0.407 e. The van der Waals surface area contributed by atoms with Gasteiger partial charge in [0.25, 0.3) is 0 Å². The SMILES string of the molecule is CC1(C)Cc2cc(-c3ccc4c(c3)OCCCO4)ccc2C1NC(=O)OC1CN2CCC1CC2. The molecule has 0 saturated carbocycles. The number of hydrogen-bond acceptors (Lipinski definition) is 5. The smallest absolute Gasteiger partial charge is 0.407 e. The van der Waals surface area contributed by atoms with Crippen molar-refractivity contribution in [3.63, 3.8) is 0 Å². The van der Waals surface area contributed by atoms with Gasteiger partial charge in [-0.1, -0.05) is 38.1 Å². The van der Waals surface area contributed by atoms with Gasteiger partial charge in [0.05, 0.1) is 19.3 Å². The first-order valence-corrected chi connectivity index (χ1v) is 12.7. The molecule has 7 rings (SSSR count). The molecule has 2 atom stereocenters. The first-order valence-electron chi connectivity index (χ1n) is 12.7. The van der Waals surface area contributed by atoms with Gasteiger partial charge in [-0.25, -0.2) is 4.79 Å². The van der Waals surface area contributed by atoms with E-state index in [0.29, 0.717) is 19.1 Å². The summed E-state index contributed by atoms with van der Waals surface area (Å²) in [5, 5.41) is 3.22. The summed E-state index contributed by atoms with van der Waals surface area (Å²) in [5.41, 5.74) is 4.65. The van der Waals surface area contributed by atoms with Gasteiger partial charge >= 0.3 is 6.09 Å². The summed E-state index contributed by atoms with van der Waals surface area (Å²) in [6.07, 6.45) is 3.82. The second-order valence-electron chi connectivity index (χ2n) is 11.0. The van der Waals surface area contributed by atoms with Crippen LogP contribution in [0.1, 0.15) is 50.3 Å².